The van der Waals surface area contributed by atoms with E-state index >= 15 is 0 Å². The number of nitrogens with zero attached hydrogens (tertiary/aromatic N) is 2. The van der Waals surface area contributed by atoms with E-state index in [-0.39, 0.29) is 0 Å². The lowest BCUT2D eigenvalue weighted by Gasteiger charge is -2.06. The number of nitrogen functional groups attached to an aromatic ring is 1. The average Bonchev–Trinajstić information content (AvgIpc) is 3.06. The predicted octanol–water partition coefficient (Wildman–Crippen LogP) is 3.67. The molecule has 2 heterocycles. The number of benzene rings is 2. The van der Waals surface area contributed by atoms with E-state index in [0.717, 1.165) is 22.2 Å². The molecule has 2 aromatic carbocycles. The summed E-state index contributed by atoms with van der Waals surface area (Å²) in [6.07, 6.45) is 1.79. The van der Waals surface area contributed by atoms with Crippen molar-refractivity contribution in [3.8, 4) is 17.0 Å². The van der Waals surface area contributed by atoms with Crippen LogP contribution >= 0.6 is 11.8 Å². The number of thioether (sulfide) groups is 1. The van der Waals surface area contributed by atoms with Gasteiger partial charge in [-0.3, -0.25) is 0 Å². The zero-order valence-electron chi connectivity index (χ0n) is 14.6. The molecule has 0 spiro atoms. The molecule has 0 fully saturated rings. The maximum atomic E-state index is 11.9. The quantitative estimate of drug-likeness (QED) is 0.324. The molecule has 0 saturated carbocycles. The monoisotopic (exact) mass is 379 g/mol. The van der Waals surface area contributed by atoms with E-state index in [1.165, 1.54) is 22.5 Å². The van der Waals surface area contributed by atoms with Gasteiger partial charge in [0.05, 0.1) is 19.0 Å². The number of hydrogen-bond acceptors (Lipinski definition) is 6. The molecule has 27 heavy (non-hydrogen) atoms. The summed E-state index contributed by atoms with van der Waals surface area (Å²) >= 11 is 1.46. The van der Waals surface area contributed by atoms with Gasteiger partial charge in [0, 0.05) is 28.8 Å². The summed E-state index contributed by atoms with van der Waals surface area (Å²) in [5.41, 5.74) is 2.77. The zero-order chi connectivity index (χ0) is 18.8. The first-order valence-corrected chi connectivity index (χ1v) is 9.26. The van der Waals surface area contributed by atoms with Crippen LogP contribution in [0.2, 0.25) is 0 Å². The molecule has 0 atom stereocenters. The van der Waals surface area contributed by atoms with Gasteiger partial charge in [-0.15, -0.1) is 0 Å². The highest BCUT2D eigenvalue weighted by atomic mass is 32.2. The fraction of sp³-hybridized carbons (Fsp3) is 0.100. The summed E-state index contributed by atoms with van der Waals surface area (Å²) in [7, 11) is 1.57. The first-order valence-electron chi connectivity index (χ1n) is 8.27. The van der Waals surface area contributed by atoms with Gasteiger partial charge in [-0.1, -0.05) is 42.1 Å². The molecule has 2 aromatic heterocycles. The maximum absolute atomic E-state index is 11.9. The first kappa shape index (κ1) is 17.2. The molecule has 136 valence electrons. The summed E-state index contributed by atoms with van der Waals surface area (Å²) in [5.74, 6) is 7.24. The molecule has 4 aromatic rings. The zero-order valence-corrected chi connectivity index (χ0v) is 15.4. The molecule has 0 amide bonds. The SMILES string of the molecule is COc1ccc2c(CSc3nc(-c4ccccc4)cn3N)cc(=O)oc2c1. The molecule has 0 bridgehead atoms. The standard InChI is InChI=1S/C20H17N3O3S/c1-25-15-7-8-16-14(9-19(24)26-18(16)10-15)12-27-20-22-17(11-23(20)21)13-5-3-2-4-6-13/h2-11H,12,21H2,1H3. The van der Waals surface area contributed by atoms with Crippen molar-refractivity contribution in [1.82, 2.24) is 9.66 Å². The van der Waals surface area contributed by atoms with E-state index in [4.69, 9.17) is 15.0 Å². The van der Waals surface area contributed by atoms with Gasteiger partial charge in [0.1, 0.15) is 11.3 Å². The highest BCUT2D eigenvalue weighted by Crippen LogP contribution is 2.29. The van der Waals surface area contributed by atoms with E-state index in [0.29, 0.717) is 22.2 Å². The van der Waals surface area contributed by atoms with Crippen molar-refractivity contribution < 1.29 is 9.15 Å². The molecular weight excluding hydrogens is 362 g/mol. The first-order chi connectivity index (χ1) is 13.1. The highest BCUT2D eigenvalue weighted by molar-refractivity contribution is 7.98. The van der Waals surface area contributed by atoms with Crippen LogP contribution in [0.5, 0.6) is 5.75 Å². The Balaban J connectivity index is 1.62. The topological polar surface area (TPSA) is 83.3 Å². The summed E-state index contributed by atoms with van der Waals surface area (Å²) < 4.78 is 12.0. The number of fused-ring (bicyclic) bond motifs is 1. The third-order valence-corrected chi connectivity index (χ3v) is 5.18. The minimum absolute atomic E-state index is 0.396. The minimum atomic E-state index is -0.396. The normalized spacial score (nSPS) is 11.0. The van der Waals surface area contributed by atoms with Gasteiger partial charge < -0.3 is 15.0 Å². The Kier molecular flexibility index (Phi) is 4.60. The number of methoxy groups -OCH3 is 1. The smallest absolute Gasteiger partial charge is 0.336 e. The summed E-state index contributed by atoms with van der Waals surface area (Å²) in [4.78, 5) is 16.5. The van der Waals surface area contributed by atoms with Gasteiger partial charge in [-0.25, -0.2) is 14.5 Å². The highest BCUT2D eigenvalue weighted by Gasteiger charge is 2.12. The van der Waals surface area contributed by atoms with Gasteiger partial charge in [0.2, 0.25) is 0 Å². The fourth-order valence-electron chi connectivity index (χ4n) is 2.83. The number of imidazole rings is 1. The van der Waals surface area contributed by atoms with Crippen molar-refractivity contribution in [3.63, 3.8) is 0 Å². The molecule has 4 rings (SSSR count). The van der Waals surface area contributed by atoms with Gasteiger partial charge in [-0.05, 0) is 17.7 Å². The second kappa shape index (κ2) is 7.20. The van der Waals surface area contributed by atoms with Crippen LogP contribution in [-0.4, -0.2) is 16.8 Å². The molecule has 0 radical (unpaired) electrons. The Labute approximate surface area is 159 Å². The second-order valence-electron chi connectivity index (χ2n) is 5.92. The van der Waals surface area contributed by atoms with E-state index in [1.54, 1.807) is 19.4 Å². The van der Waals surface area contributed by atoms with Crippen LogP contribution in [0.3, 0.4) is 0 Å². The van der Waals surface area contributed by atoms with Crippen LogP contribution in [0.15, 0.2) is 75.2 Å². The van der Waals surface area contributed by atoms with Gasteiger partial charge in [0.15, 0.2) is 5.16 Å². The number of hydrogen-bond donors (Lipinski definition) is 1. The van der Waals surface area contributed by atoms with E-state index in [1.807, 2.05) is 42.5 Å². The van der Waals surface area contributed by atoms with Crippen LogP contribution in [0.25, 0.3) is 22.2 Å². The molecular formula is C20H17N3O3S. The van der Waals surface area contributed by atoms with Crippen LogP contribution in [-0.2, 0) is 5.75 Å². The van der Waals surface area contributed by atoms with Crippen molar-refractivity contribution >= 4 is 22.7 Å². The number of ether oxygens (including phenoxy) is 1. The summed E-state index contributed by atoms with van der Waals surface area (Å²) in [6.45, 7) is 0. The Morgan fingerprint density at radius 1 is 1.19 bits per heavy atom. The third kappa shape index (κ3) is 3.54. The summed E-state index contributed by atoms with van der Waals surface area (Å²) in [5, 5.41) is 1.53. The van der Waals surface area contributed by atoms with E-state index in [9.17, 15) is 4.79 Å². The Morgan fingerprint density at radius 2 is 2.00 bits per heavy atom. The molecule has 7 heteroatoms. The molecule has 0 aliphatic rings. The molecule has 0 aliphatic carbocycles. The van der Waals surface area contributed by atoms with Crippen LogP contribution in [0, 0.1) is 0 Å². The van der Waals surface area contributed by atoms with Crippen LogP contribution in [0.4, 0.5) is 0 Å². The molecule has 0 saturated heterocycles. The molecule has 0 unspecified atom stereocenters. The maximum Gasteiger partial charge on any atom is 0.336 e. The largest absolute Gasteiger partial charge is 0.497 e. The van der Waals surface area contributed by atoms with Gasteiger partial charge in [-0.2, -0.15) is 0 Å². The molecule has 0 aliphatic heterocycles. The fourth-order valence-corrected chi connectivity index (χ4v) is 3.72. The van der Waals surface area contributed by atoms with Crippen molar-refractivity contribution in [3.05, 3.63) is 76.8 Å². The molecule has 6 nitrogen and oxygen atoms in total. The number of rotatable bonds is 5. The predicted molar refractivity (Wildman–Crippen MR) is 106 cm³/mol. The van der Waals surface area contributed by atoms with Crippen LogP contribution < -0.4 is 16.2 Å². The van der Waals surface area contributed by atoms with E-state index < -0.39 is 5.63 Å². The number of aromatic nitrogens is 2. The lowest BCUT2D eigenvalue weighted by atomic mass is 10.1. The Bertz CT molecular complexity index is 1150. The molecule has 2 N–H and O–H groups in total. The van der Waals surface area contributed by atoms with Crippen LogP contribution in [0.1, 0.15) is 5.56 Å². The van der Waals surface area contributed by atoms with Gasteiger partial charge >= 0.3 is 5.63 Å². The second-order valence-corrected chi connectivity index (χ2v) is 6.87. The summed E-state index contributed by atoms with van der Waals surface area (Å²) in [6, 6.07) is 16.8. The average molecular weight is 379 g/mol. The minimum Gasteiger partial charge on any atom is -0.497 e. The lowest BCUT2D eigenvalue weighted by molar-refractivity contribution is 0.414. The van der Waals surface area contributed by atoms with E-state index in [2.05, 4.69) is 4.98 Å². The van der Waals surface area contributed by atoms with Gasteiger partial charge in [0.25, 0.3) is 0 Å². The third-order valence-electron chi connectivity index (χ3n) is 4.16. The van der Waals surface area contributed by atoms with Crippen molar-refractivity contribution in [2.45, 2.75) is 10.9 Å². The van der Waals surface area contributed by atoms with Crippen molar-refractivity contribution in [2.75, 3.05) is 13.0 Å². The number of nitrogens with two attached hydrogens (primary N) is 1. The lowest BCUT2D eigenvalue weighted by Crippen LogP contribution is -2.08. The van der Waals surface area contributed by atoms with Crippen molar-refractivity contribution in [2.24, 2.45) is 0 Å². The Morgan fingerprint density at radius 3 is 2.78 bits per heavy atom. The Hall–Kier alpha value is -3.19. The van der Waals surface area contributed by atoms with Crippen molar-refractivity contribution in [1.29, 1.82) is 0 Å².